The minimum atomic E-state index is 0.0348. The lowest BCUT2D eigenvalue weighted by atomic mass is 9.92. The maximum atomic E-state index is 13.3. The summed E-state index contributed by atoms with van der Waals surface area (Å²) in [5.74, 6) is 0.123. The van der Waals surface area contributed by atoms with E-state index in [1.807, 2.05) is 52.4 Å². The largest absolute Gasteiger partial charge is 0.384 e. The highest BCUT2D eigenvalue weighted by atomic mass is 16.5. The van der Waals surface area contributed by atoms with Crippen LogP contribution < -0.4 is 4.90 Å². The first-order chi connectivity index (χ1) is 16.6. The van der Waals surface area contributed by atoms with Crippen LogP contribution in [0.4, 0.5) is 5.69 Å². The number of carbonyl (C=O) groups is 2. The number of nitrogens with zero attached hydrogens (tertiary/aromatic N) is 4. The zero-order valence-electron chi connectivity index (χ0n) is 20.4. The number of fused-ring (bicyclic) bond motifs is 3. The molecule has 1 aromatic heterocycles. The van der Waals surface area contributed by atoms with Crippen LogP contribution in [0, 0.1) is 0 Å². The molecule has 2 unspecified atom stereocenters. The van der Waals surface area contributed by atoms with Crippen LogP contribution in [0.3, 0.4) is 0 Å². The first-order valence-electron chi connectivity index (χ1n) is 12.3. The maximum absolute atomic E-state index is 13.3. The summed E-state index contributed by atoms with van der Waals surface area (Å²) >= 11 is 0. The quantitative estimate of drug-likeness (QED) is 0.676. The lowest BCUT2D eigenvalue weighted by Crippen LogP contribution is -2.52. The van der Waals surface area contributed by atoms with Gasteiger partial charge in [0.2, 0.25) is 11.8 Å². The molecule has 4 rings (SSSR count). The van der Waals surface area contributed by atoms with E-state index in [4.69, 9.17) is 4.74 Å². The minimum Gasteiger partial charge on any atom is -0.384 e. The molecule has 2 bridgehead atoms. The number of amides is 2. The van der Waals surface area contributed by atoms with Crippen LogP contribution in [-0.2, 0) is 27.4 Å². The fourth-order valence-corrected chi connectivity index (χ4v) is 5.36. The van der Waals surface area contributed by atoms with E-state index >= 15 is 0 Å². The summed E-state index contributed by atoms with van der Waals surface area (Å²) in [6, 6.07) is 14.6. The van der Waals surface area contributed by atoms with Gasteiger partial charge in [-0.3, -0.25) is 19.5 Å². The molecule has 0 spiro atoms. The Morgan fingerprint density at radius 1 is 1.06 bits per heavy atom. The van der Waals surface area contributed by atoms with Gasteiger partial charge in [-0.1, -0.05) is 30.7 Å². The van der Waals surface area contributed by atoms with Gasteiger partial charge in [0, 0.05) is 64.2 Å². The number of hydrogen-bond donors (Lipinski definition) is 0. The average Bonchev–Trinajstić information content (AvgIpc) is 2.85. The molecule has 2 aliphatic rings. The summed E-state index contributed by atoms with van der Waals surface area (Å²) in [6.07, 6.45) is 6.36. The number of hydrogen-bond acceptors (Lipinski definition) is 5. The van der Waals surface area contributed by atoms with Crippen molar-refractivity contribution in [2.24, 2.45) is 0 Å². The van der Waals surface area contributed by atoms with Crippen molar-refractivity contribution in [1.29, 1.82) is 0 Å². The fraction of sp³-hybridized carbons (Fsp3) is 0.519. The van der Waals surface area contributed by atoms with Crippen molar-refractivity contribution in [2.45, 2.75) is 64.2 Å². The molecule has 7 nitrogen and oxygen atoms in total. The summed E-state index contributed by atoms with van der Waals surface area (Å²) in [6.45, 7) is 4.61. The molecule has 0 aliphatic carbocycles. The summed E-state index contributed by atoms with van der Waals surface area (Å²) < 4.78 is 5.20. The third-order valence-corrected chi connectivity index (χ3v) is 7.10. The Kier molecular flexibility index (Phi) is 8.29. The van der Waals surface area contributed by atoms with E-state index < -0.39 is 0 Å². The zero-order chi connectivity index (χ0) is 23.9. The molecule has 2 aromatic rings. The number of pyridine rings is 1. The number of benzene rings is 1. The Bertz CT molecular complexity index is 967. The van der Waals surface area contributed by atoms with Gasteiger partial charge in [-0.15, -0.1) is 0 Å². The lowest BCUT2D eigenvalue weighted by Gasteiger charge is -2.44. The number of piperidine rings is 1. The fourth-order valence-electron chi connectivity index (χ4n) is 5.36. The Hall–Kier alpha value is -2.77. The number of anilines is 1. The van der Waals surface area contributed by atoms with Crippen LogP contribution in [0.2, 0.25) is 0 Å². The van der Waals surface area contributed by atoms with Gasteiger partial charge >= 0.3 is 0 Å². The molecule has 0 N–H and O–H groups in total. The van der Waals surface area contributed by atoms with Crippen LogP contribution in [0.25, 0.3) is 0 Å². The van der Waals surface area contributed by atoms with E-state index in [0.717, 1.165) is 49.2 Å². The molecule has 0 radical (unpaired) electrons. The Morgan fingerprint density at radius 2 is 1.85 bits per heavy atom. The van der Waals surface area contributed by atoms with E-state index in [9.17, 15) is 9.59 Å². The second-order valence-corrected chi connectivity index (χ2v) is 9.34. The molecule has 1 fully saturated rings. The van der Waals surface area contributed by atoms with E-state index in [2.05, 4.69) is 16.0 Å². The molecule has 2 atom stereocenters. The van der Waals surface area contributed by atoms with Crippen molar-refractivity contribution in [3.05, 3.63) is 59.9 Å². The van der Waals surface area contributed by atoms with E-state index in [1.165, 1.54) is 0 Å². The predicted molar refractivity (Wildman–Crippen MR) is 132 cm³/mol. The van der Waals surface area contributed by atoms with E-state index in [0.29, 0.717) is 38.7 Å². The minimum absolute atomic E-state index is 0.0348. The molecule has 1 saturated heterocycles. The maximum Gasteiger partial charge on any atom is 0.225 e. The van der Waals surface area contributed by atoms with Gasteiger partial charge in [-0.2, -0.15) is 0 Å². The summed E-state index contributed by atoms with van der Waals surface area (Å²) in [5, 5.41) is 0. The number of methoxy groups -OCH3 is 1. The molecule has 0 saturated carbocycles. The monoisotopic (exact) mass is 464 g/mol. The van der Waals surface area contributed by atoms with Crippen molar-refractivity contribution in [3.63, 3.8) is 0 Å². The second-order valence-electron chi connectivity index (χ2n) is 9.34. The van der Waals surface area contributed by atoms with Crippen molar-refractivity contribution in [3.8, 4) is 0 Å². The highest BCUT2D eigenvalue weighted by Crippen LogP contribution is 2.31. The van der Waals surface area contributed by atoms with Gasteiger partial charge in [-0.25, -0.2) is 0 Å². The standard InChI is InChI=1S/C27H36N4O3/c1-21(32)30-16-13-24-10-7-11-25(31(24)19-23-9-5-6-15-28-23)20-29(27(33)14-17-34-2)18-22-8-3-4-12-26(22)30/h3-6,8-9,12,15,24-25H,7,10-11,13-14,16-20H2,1-2H3. The first-order valence-corrected chi connectivity index (χ1v) is 12.3. The van der Waals surface area contributed by atoms with Gasteiger partial charge in [-0.05, 0) is 43.0 Å². The van der Waals surface area contributed by atoms with Crippen molar-refractivity contribution < 1.29 is 14.3 Å². The van der Waals surface area contributed by atoms with Crippen LogP contribution in [-0.4, -0.2) is 65.5 Å². The molecule has 3 heterocycles. The van der Waals surface area contributed by atoms with Crippen LogP contribution in [0.5, 0.6) is 0 Å². The zero-order valence-corrected chi connectivity index (χ0v) is 20.4. The normalized spacial score (nSPS) is 21.5. The smallest absolute Gasteiger partial charge is 0.225 e. The molecule has 182 valence electrons. The highest BCUT2D eigenvalue weighted by molar-refractivity contribution is 5.92. The molecule has 7 heteroatoms. The number of aromatic nitrogens is 1. The summed E-state index contributed by atoms with van der Waals surface area (Å²) in [7, 11) is 1.63. The van der Waals surface area contributed by atoms with E-state index in [1.54, 1.807) is 14.0 Å². The number of rotatable bonds is 5. The Balaban J connectivity index is 1.71. The van der Waals surface area contributed by atoms with Gasteiger partial charge in [0.05, 0.1) is 18.7 Å². The highest BCUT2D eigenvalue weighted by Gasteiger charge is 2.34. The van der Waals surface area contributed by atoms with Gasteiger partial charge in [0.25, 0.3) is 0 Å². The summed E-state index contributed by atoms with van der Waals surface area (Å²) in [5.41, 5.74) is 2.96. The SMILES string of the molecule is COCCC(=O)N1Cc2ccccc2N(C(C)=O)CCC2CCCC(C1)N2Cc1ccccn1. The van der Waals surface area contributed by atoms with Gasteiger partial charge in [0.1, 0.15) is 0 Å². The first kappa shape index (κ1) is 24.4. The number of ether oxygens (including phenoxy) is 1. The van der Waals surface area contributed by atoms with Crippen molar-refractivity contribution in [2.75, 3.05) is 31.7 Å². The predicted octanol–water partition coefficient (Wildman–Crippen LogP) is 3.63. The average molecular weight is 465 g/mol. The van der Waals surface area contributed by atoms with Crippen LogP contribution in [0.1, 0.15) is 50.3 Å². The van der Waals surface area contributed by atoms with Gasteiger partial charge < -0.3 is 14.5 Å². The Morgan fingerprint density at radius 3 is 2.62 bits per heavy atom. The molecule has 1 aromatic carbocycles. The molecule has 2 aliphatic heterocycles. The third-order valence-electron chi connectivity index (χ3n) is 7.10. The molecular formula is C27H36N4O3. The lowest BCUT2D eigenvalue weighted by molar-refractivity contribution is -0.134. The van der Waals surface area contributed by atoms with E-state index in [-0.39, 0.29) is 17.9 Å². The Labute approximate surface area is 202 Å². The number of carbonyl (C=O) groups excluding carboxylic acids is 2. The van der Waals surface area contributed by atoms with Crippen molar-refractivity contribution >= 4 is 17.5 Å². The van der Waals surface area contributed by atoms with Crippen molar-refractivity contribution in [1.82, 2.24) is 14.8 Å². The second kappa shape index (κ2) is 11.6. The third kappa shape index (κ3) is 5.83. The topological polar surface area (TPSA) is 66.0 Å². The van der Waals surface area contributed by atoms with Gasteiger partial charge in [0.15, 0.2) is 0 Å². The van der Waals surface area contributed by atoms with Crippen LogP contribution in [0.15, 0.2) is 48.7 Å². The van der Waals surface area contributed by atoms with Crippen LogP contribution >= 0.6 is 0 Å². The summed E-state index contributed by atoms with van der Waals surface area (Å²) in [4.78, 5) is 37.0. The molecule has 2 amide bonds. The molecular weight excluding hydrogens is 428 g/mol. The number of para-hydroxylation sites is 1. The molecule has 34 heavy (non-hydrogen) atoms.